The fourth-order valence-corrected chi connectivity index (χ4v) is 3.11. The first-order valence-corrected chi connectivity index (χ1v) is 10.2. The van der Waals surface area contributed by atoms with Crippen molar-refractivity contribution >= 4 is 29.9 Å². The van der Waals surface area contributed by atoms with Gasteiger partial charge in [0.15, 0.2) is 5.96 Å². The van der Waals surface area contributed by atoms with Crippen LogP contribution in [-0.2, 0) is 5.41 Å². The Morgan fingerprint density at radius 3 is 2.50 bits per heavy atom. The predicted molar refractivity (Wildman–Crippen MR) is 132 cm³/mol. The molecule has 0 aliphatic heterocycles. The molecule has 28 heavy (non-hydrogen) atoms. The minimum atomic E-state index is -0.0296. The number of hydrogen-bond donors (Lipinski definition) is 2. The average molecular weight is 505 g/mol. The minimum Gasteiger partial charge on any atom is -0.497 e. The van der Waals surface area contributed by atoms with Crippen molar-refractivity contribution in [1.29, 1.82) is 0 Å². The summed E-state index contributed by atoms with van der Waals surface area (Å²) in [6.07, 6.45) is 2.33. The van der Waals surface area contributed by atoms with E-state index in [1.54, 1.807) is 7.11 Å². The highest BCUT2D eigenvalue weighted by Gasteiger charge is 2.21. The second kappa shape index (κ2) is 14.0. The first-order valence-electron chi connectivity index (χ1n) is 10.2. The van der Waals surface area contributed by atoms with Crippen LogP contribution < -0.4 is 15.4 Å². The van der Waals surface area contributed by atoms with Crippen LogP contribution >= 0.6 is 24.0 Å². The van der Waals surface area contributed by atoms with E-state index in [0.717, 1.165) is 44.3 Å². The molecule has 1 atom stereocenters. The fraction of sp³-hybridized carbons (Fsp3) is 0.682. The number of aliphatic imine (C=N–C) groups is 1. The van der Waals surface area contributed by atoms with Crippen LogP contribution in [0.1, 0.15) is 53.0 Å². The molecule has 0 aliphatic rings. The average Bonchev–Trinajstić information content (AvgIpc) is 2.68. The van der Waals surface area contributed by atoms with Crippen molar-refractivity contribution in [3.8, 4) is 5.75 Å². The van der Waals surface area contributed by atoms with Gasteiger partial charge < -0.3 is 20.3 Å². The molecule has 2 N–H and O–H groups in total. The quantitative estimate of drug-likeness (QED) is 0.269. The van der Waals surface area contributed by atoms with Crippen LogP contribution in [0.5, 0.6) is 5.75 Å². The Morgan fingerprint density at radius 1 is 1.25 bits per heavy atom. The monoisotopic (exact) mass is 504 g/mol. The fourth-order valence-electron chi connectivity index (χ4n) is 3.11. The van der Waals surface area contributed by atoms with E-state index >= 15 is 0 Å². The molecule has 1 aromatic carbocycles. The SMILES string of the molecule is CCN(CC)CCCC(C)NC(=NC)NCC(C)(C)c1cccc(OC)c1.I. The van der Waals surface area contributed by atoms with Crippen molar-refractivity contribution in [1.82, 2.24) is 15.5 Å². The third-order valence-electron chi connectivity index (χ3n) is 5.16. The summed E-state index contributed by atoms with van der Waals surface area (Å²) < 4.78 is 5.36. The number of benzene rings is 1. The largest absolute Gasteiger partial charge is 0.497 e. The number of ether oxygens (including phenoxy) is 1. The lowest BCUT2D eigenvalue weighted by Crippen LogP contribution is -2.46. The Bertz CT molecular complexity index is 573. The van der Waals surface area contributed by atoms with Crippen molar-refractivity contribution in [3.05, 3.63) is 29.8 Å². The van der Waals surface area contributed by atoms with E-state index in [-0.39, 0.29) is 29.4 Å². The number of nitrogens with zero attached hydrogens (tertiary/aromatic N) is 2. The summed E-state index contributed by atoms with van der Waals surface area (Å²) in [5.74, 6) is 1.76. The van der Waals surface area contributed by atoms with Crippen LogP contribution in [0, 0.1) is 0 Å². The van der Waals surface area contributed by atoms with Gasteiger partial charge in [-0.05, 0) is 57.1 Å². The topological polar surface area (TPSA) is 48.9 Å². The Labute approximate surface area is 189 Å². The molecule has 162 valence electrons. The predicted octanol–water partition coefficient (Wildman–Crippen LogP) is 4.27. The highest BCUT2D eigenvalue weighted by molar-refractivity contribution is 14.0. The normalized spacial score (nSPS) is 13.1. The Kier molecular flexibility index (Phi) is 13.5. The van der Waals surface area contributed by atoms with Crippen molar-refractivity contribution in [2.75, 3.05) is 40.3 Å². The van der Waals surface area contributed by atoms with Gasteiger partial charge in [0.25, 0.3) is 0 Å². The van der Waals surface area contributed by atoms with Crippen molar-refractivity contribution in [2.45, 2.75) is 58.9 Å². The molecule has 1 aromatic rings. The molecule has 0 amide bonds. The lowest BCUT2D eigenvalue weighted by Gasteiger charge is -2.28. The van der Waals surface area contributed by atoms with Crippen LogP contribution in [0.2, 0.25) is 0 Å². The summed E-state index contributed by atoms with van der Waals surface area (Å²) in [6, 6.07) is 8.67. The molecule has 1 rings (SSSR count). The molecule has 0 bridgehead atoms. The van der Waals surface area contributed by atoms with E-state index in [4.69, 9.17) is 4.74 Å². The van der Waals surface area contributed by atoms with E-state index in [0.29, 0.717) is 6.04 Å². The van der Waals surface area contributed by atoms with Gasteiger partial charge in [-0.1, -0.05) is 39.8 Å². The van der Waals surface area contributed by atoms with E-state index in [1.807, 2.05) is 19.2 Å². The highest BCUT2D eigenvalue weighted by Crippen LogP contribution is 2.25. The summed E-state index contributed by atoms with van der Waals surface area (Å²) in [5.41, 5.74) is 1.22. The molecular formula is C22H41IN4O. The van der Waals surface area contributed by atoms with E-state index in [2.05, 4.69) is 67.3 Å². The lowest BCUT2D eigenvalue weighted by molar-refractivity contribution is 0.292. The summed E-state index contributed by atoms with van der Waals surface area (Å²) in [4.78, 5) is 6.86. The molecule has 6 heteroatoms. The van der Waals surface area contributed by atoms with Crippen LogP contribution in [0.25, 0.3) is 0 Å². The summed E-state index contributed by atoms with van der Waals surface area (Å²) in [5, 5.41) is 7.00. The first-order chi connectivity index (χ1) is 12.9. The number of nitrogens with one attached hydrogen (secondary N) is 2. The molecule has 0 fully saturated rings. The van der Waals surface area contributed by atoms with Gasteiger partial charge in [0, 0.05) is 25.0 Å². The van der Waals surface area contributed by atoms with E-state index < -0.39 is 0 Å². The summed E-state index contributed by atoms with van der Waals surface area (Å²) in [7, 11) is 3.54. The van der Waals surface area contributed by atoms with Crippen molar-refractivity contribution in [3.63, 3.8) is 0 Å². The molecule has 0 heterocycles. The van der Waals surface area contributed by atoms with Gasteiger partial charge in [0.05, 0.1) is 7.11 Å². The van der Waals surface area contributed by atoms with Crippen molar-refractivity contribution in [2.24, 2.45) is 4.99 Å². The van der Waals surface area contributed by atoms with Gasteiger partial charge in [-0.3, -0.25) is 4.99 Å². The van der Waals surface area contributed by atoms with Crippen LogP contribution in [0.15, 0.2) is 29.3 Å². The van der Waals surface area contributed by atoms with Crippen LogP contribution in [-0.4, -0.2) is 57.2 Å². The van der Waals surface area contributed by atoms with Crippen LogP contribution in [0.4, 0.5) is 0 Å². The Hall–Kier alpha value is -1.02. The van der Waals surface area contributed by atoms with E-state index in [9.17, 15) is 0 Å². The molecule has 5 nitrogen and oxygen atoms in total. The molecular weight excluding hydrogens is 463 g/mol. The second-order valence-electron chi connectivity index (χ2n) is 7.76. The highest BCUT2D eigenvalue weighted by atomic mass is 127. The summed E-state index contributed by atoms with van der Waals surface area (Å²) >= 11 is 0. The standard InChI is InChI=1S/C22H40N4O.HI/c1-8-26(9-2)15-11-12-18(3)25-21(23-6)24-17-22(4,5)19-13-10-14-20(16-19)27-7;/h10,13-14,16,18H,8-9,11-12,15,17H2,1-7H3,(H2,23,24,25);1H. The van der Waals surface area contributed by atoms with E-state index in [1.165, 1.54) is 12.0 Å². The number of methoxy groups -OCH3 is 1. The molecule has 1 unspecified atom stereocenters. The van der Waals surface area contributed by atoms with Gasteiger partial charge in [0.1, 0.15) is 5.75 Å². The van der Waals surface area contributed by atoms with Gasteiger partial charge in [-0.2, -0.15) is 0 Å². The number of guanidine groups is 1. The Morgan fingerprint density at radius 2 is 1.93 bits per heavy atom. The maximum atomic E-state index is 5.36. The van der Waals surface area contributed by atoms with Gasteiger partial charge in [-0.25, -0.2) is 0 Å². The van der Waals surface area contributed by atoms with Gasteiger partial charge in [0.2, 0.25) is 0 Å². The minimum absolute atomic E-state index is 0. The number of rotatable bonds is 11. The van der Waals surface area contributed by atoms with Crippen LogP contribution in [0.3, 0.4) is 0 Å². The molecule has 0 radical (unpaired) electrons. The smallest absolute Gasteiger partial charge is 0.191 e. The number of hydrogen-bond acceptors (Lipinski definition) is 3. The lowest BCUT2D eigenvalue weighted by atomic mass is 9.84. The zero-order valence-corrected chi connectivity index (χ0v) is 21.2. The maximum absolute atomic E-state index is 5.36. The van der Waals surface area contributed by atoms with Gasteiger partial charge in [-0.15, -0.1) is 24.0 Å². The molecule has 0 saturated carbocycles. The first kappa shape index (κ1) is 27.0. The van der Waals surface area contributed by atoms with Gasteiger partial charge >= 0.3 is 0 Å². The zero-order valence-electron chi connectivity index (χ0n) is 18.8. The summed E-state index contributed by atoms with van der Waals surface area (Å²) in [6.45, 7) is 15.3. The maximum Gasteiger partial charge on any atom is 0.191 e. The third-order valence-corrected chi connectivity index (χ3v) is 5.16. The molecule has 0 aliphatic carbocycles. The number of halogens is 1. The molecule has 0 aromatic heterocycles. The molecule has 0 saturated heterocycles. The third kappa shape index (κ3) is 9.45. The zero-order chi connectivity index (χ0) is 20.3. The Balaban J connectivity index is 0.00000729. The second-order valence-corrected chi connectivity index (χ2v) is 7.76. The van der Waals surface area contributed by atoms with Crippen molar-refractivity contribution < 1.29 is 4.74 Å². The molecule has 0 spiro atoms.